The maximum atomic E-state index is 5.40. The van der Waals surface area contributed by atoms with Crippen LogP contribution in [0.2, 0.25) is 0 Å². The van der Waals surface area contributed by atoms with Crippen molar-refractivity contribution in [3.8, 4) is 5.75 Å². The summed E-state index contributed by atoms with van der Waals surface area (Å²) in [5.74, 6) is 0.904. The second-order valence-electron chi connectivity index (χ2n) is 5.54. The number of piperidine rings is 1. The second kappa shape index (κ2) is 7.32. The van der Waals surface area contributed by atoms with Crippen molar-refractivity contribution in [1.29, 1.82) is 0 Å². The van der Waals surface area contributed by atoms with Gasteiger partial charge in [-0.2, -0.15) is 0 Å². The molecule has 1 aromatic carbocycles. The maximum absolute atomic E-state index is 5.40. The lowest BCUT2D eigenvalue weighted by molar-refractivity contribution is 0.368. The van der Waals surface area contributed by atoms with Gasteiger partial charge in [0.25, 0.3) is 0 Å². The summed E-state index contributed by atoms with van der Waals surface area (Å²) < 4.78 is 6.41. The highest BCUT2D eigenvalue weighted by Gasteiger charge is 2.25. The van der Waals surface area contributed by atoms with Gasteiger partial charge in [0.2, 0.25) is 0 Å². The molecule has 0 aliphatic carbocycles. The minimum atomic E-state index is 0.559. The lowest BCUT2D eigenvalue weighted by atomic mass is 9.97. The van der Waals surface area contributed by atoms with Gasteiger partial charge in [0.05, 0.1) is 11.6 Å². The van der Waals surface area contributed by atoms with E-state index < -0.39 is 0 Å². The Morgan fingerprint density at radius 1 is 1.45 bits per heavy atom. The lowest BCUT2D eigenvalue weighted by Gasteiger charge is -2.39. The molecule has 0 amide bonds. The maximum Gasteiger partial charge on any atom is 0.135 e. The summed E-state index contributed by atoms with van der Waals surface area (Å²) in [6, 6.07) is 7.59. The van der Waals surface area contributed by atoms with Gasteiger partial charge in [0.1, 0.15) is 5.75 Å². The fourth-order valence-corrected chi connectivity index (χ4v) is 3.33. The molecule has 2 atom stereocenters. The standard InChI is InChI=1S/C16H25BrN2O/c1-4-8-18-13-7-9-19(12(2)10-13)14-5-6-15(17)16(11-14)20-3/h5-6,11-13,18H,4,7-10H2,1-3H3. The molecule has 0 aromatic heterocycles. The zero-order valence-corrected chi connectivity index (χ0v) is 14.2. The van der Waals surface area contributed by atoms with Crippen molar-refractivity contribution >= 4 is 21.6 Å². The van der Waals surface area contributed by atoms with E-state index in [0.29, 0.717) is 12.1 Å². The zero-order valence-electron chi connectivity index (χ0n) is 12.7. The summed E-state index contributed by atoms with van der Waals surface area (Å²) in [5.41, 5.74) is 1.26. The zero-order chi connectivity index (χ0) is 14.5. The van der Waals surface area contributed by atoms with Crippen LogP contribution in [-0.4, -0.2) is 32.3 Å². The number of rotatable bonds is 5. The van der Waals surface area contributed by atoms with Crippen molar-refractivity contribution in [3.63, 3.8) is 0 Å². The SMILES string of the molecule is CCCNC1CCN(c2ccc(Br)c(OC)c2)C(C)C1. The quantitative estimate of drug-likeness (QED) is 0.881. The first kappa shape index (κ1) is 15.6. The van der Waals surface area contributed by atoms with Gasteiger partial charge >= 0.3 is 0 Å². The first-order chi connectivity index (χ1) is 9.65. The number of hydrogen-bond donors (Lipinski definition) is 1. The number of nitrogens with zero attached hydrogens (tertiary/aromatic N) is 1. The van der Waals surface area contributed by atoms with E-state index in [9.17, 15) is 0 Å². The Bertz CT molecular complexity index is 438. The van der Waals surface area contributed by atoms with Crippen LogP contribution >= 0.6 is 15.9 Å². The number of hydrogen-bond acceptors (Lipinski definition) is 3. The third-order valence-corrected chi connectivity index (χ3v) is 4.68. The Morgan fingerprint density at radius 3 is 2.90 bits per heavy atom. The van der Waals surface area contributed by atoms with E-state index in [-0.39, 0.29) is 0 Å². The smallest absolute Gasteiger partial charge is 0.135 e. The van der Waals surface area contributed by atoms with Crippen LogP contribution in [0, 0.1) is 0 Å². The molecule has 0 saturated carbocycles. The summed E-state index contributed by atoms with van der Waals surface area (Å²) in [7, 11) is 1.72. The molecule has 4 heteroatoms. The molecular weight excluding hydrogens is 316 g/mol. The highest BCUT2D eigenvalue weighted by molar-refractivity contribution is 9.10. The number of halogens is 1. The molecule has 1 aliphatic rings. The molecule has 3 nitrogen and oxygen atoms in total. The summed E-state index contributed by atoms with van der Waals surface area (Å²) >= 11 is 3.51. The average Bonchev–Trinajstić information content (AvgIpc) is 2.46. The van der Waals surface area contributed by atoms with Crippen LogP contribution in [0.15, 0.2) is 22.7 Å². The van der Waals surface area contributed by atoms with Gasteiger partial charge in [-0.3, -0.25) is 0 Å². The minimum absolute atomic E-state index is 0.559. The van der Waals surface area contributed by atoms with Gasteiger partial charge in [-0.1, -0.05) is 6.92 Å². The topological polar surface area (TPSA) is 24.5 Å². The fourth-order valence-electron chi connectivity index (χ4n) is 2.92. The summed E-state index contributed by atoms with van der Waals surface area (Å²) in [6.45, 7) is 6.77. The number of benzene rings is 1. The van der Waals surface area contributed by atoms with E-state index in [4.69, 9.17) is 4.74 Å². The molecular formula is C16H25BrN2O. The number of methoxy groups -OCH3 is 1. The van der Waals surface area contributed by atoms with Crippen molar-refractivity contribution in [2.75, 3.05) is 25.1 Å². The largest absolute Gasteiger partial charge is 0.495 e. The Labute approximate surface area is 130 Å². The van der Waals surface area contributed by atoms with Gasteiger partial charge in [0, 0.05) is 30.4 Å². The third-order valence-electron chi connectivity index (χ3n) is 4.03. The summed E-state index contributed by atoms with van der Waals surface area (Å²) in [6.07, 6.45) is 3.62. The predicted octanol–water partition coefficient (Wildman–Crippen LogP) is 3.81. The lowest BCUT2D eigenvalue weighted by Crippen LogP contribution is -2.47. The first-order valence-electron chi connectivity index (χ1n) is 7.49. The Morgan fingerprint density at radius 2 is 2.25 bits per heavy atom. The average molecular weight is 341 g/mol. The molecule has 0 radical (unpaired) electrons. The van der Waals surface area contributed by atoms with Gasteiger partial charge in [-0.25, -0.2) is 0 Å². The van der Waals surface area contributed by atoms with Crippen molar-refractivity contribution in [2.45, 2.75) is 45.2 Å². The highest BCUT2D eigenvalue weighted by Crippen LogP contribution is 2.32. The predicted molar refractivity (Wildman–Crippen MR) is 88.8 cm³/mol. The monoisotopic (exact) mass is 340 g/mol. The van der Waals surface area contributed by atoms with Gasteiger partial charge < -0.3 is 15.0 Å². The van der Waals surface area contributed by atoms with Gasteiger partial charge in [-0.15, -0.1) is 0 Å². The van der Waals surface area contributed by atoms with Crippen LogP contribution in [0.5, 0.6) is 5.75 Å². The number of anilines is 1. The molecule has 1 N–H and O–H groups in total. The molecule has 0 spiro atoms. The molecule has 1 aromatic rings. The fraction of sp³-hybridized carbons (Fsp3) is 0.625. The molecule has 2 unspecified atom stereocenters. The van der Waals surface area contributed by atoms with Crippen LogP contribution in [0.3, 0.4) is 0 Å². The van der Waals surface area contributed by atoms with E-state index in [0.717, 1.165) is 23.3 Å². The molecule has 20 heavy (non-hydrogen) atoms. The molecule has 1 fully saturated rings. The van der Waals surface area contributed by atoms with Gasteiger partial charge in [0.15, 0.2) is 0 Å². The normalized spacial score (nSPS) is 22.9. The second-order valence-corrected chi connectivity index (χ2v) is 6.39. The van der Waals surface area contributed by atoms with Crippen molar-refractivity contribution in [3.05, 3.63) is 22.7 Å². The Hall–Kier alpha value is -0.740. The van der Waals surface area contributed by atoms with Crippen LogP contribution in [0.4, 0.5) is 5.69 Å². The van der Waals surface area contributed by atoms with E-state index >= 15 is 0 Å². The first-order valence-corrected chi connectivity index (χ1v) is 8.28. The van der Waals surface area contributed by atoms with Crippen molar-refractivity contribution in [1.82, 2.24) is 5.32 Å². The Kier molecular flexibility index (Phi) is 5.73. The summed E-state index contributed by atoms with van der Waals surface area (Å²) in [5, 5.41) is 3.65. The Balaban J connectivity index is 2.03. The summed E-state index contributed by atoms with van der Waals surface area (Å²) in [4.78, 5) is 2.49. The van der Waals surface area contributed by atoms with Crippen molar-refractivity contribution in [2.24, 2.45) is 0 Å². The van der Waals surface area contributed by atoms with E-state index in [1.165, 1.54) is 24.9 Å². The minimum Gasteiger partial charge on any atom is -0.495 e. The molecule has 112 valence electrons. The van der Waals surface area contributed by atoms with E-state index in [1.54, 1.807) is 7.11 Å². The molecule has 1 heterocycles. The molecule has 1 aliphatic heterocycles. The van der Waals surface area contributed by atoms with E-state index in [2.05, 4.69) is 58.2 Å². The van der Waals surface area contributed by atoms with Crippen LogP contribution in [-0.2, 0) is 0 Å². The number of ether oxygens (including phenoxy) is 1. The molecule has 2 rings (SSSR count). The third kappa shape index (κ3) is 3.67. The molecule has 1 saturated heterocycles. The molecule has 0 bridgehead atoms. The van der Waals surface area contributed by atoms with E-state index in [1.807, 2.05) is 0 Å². The van der Waals surface area contributed by atoms with Gasteiger partial charge in [-0.05, 0) is 60.8 Å². The number of nitrogens with one attached hydrogen (secondary N) is 1. The van der Waals surface area contributed by atoms with Crippen molar-refractivity contribution < 1.29 is 4.74 Å². The van der Waals surface area contributed by atoms with Crippen LogP contribution in [0.1, 0.15) is 33.1 Å². The van der Waals surface area contributed by atoms with Crippen LogP contribution in [0.25, 0.3) is 0 Å². The highest BCUT2D eigenvalue weighted by atomic mass is 79.9. The van der Waals surface area contributed by atoms with Crippen LogP contribution < -0.4 is 15.0 Å².